The van der Waals surface area contributed by atoms with Gasteiger partial charge in [-0.3, -0.25) is 0 Å². The van der Waals surface area contributed by atoms with Gasteiger partial charge in [-0.2, -0.15) is 0 Å². The quantitative estimate of drug-likeness (QED) is 0.687. The molecule has 0 unspecified atom stereocenters. The maximum Gasteiger partial charge on any atom is 0.124 e. The van der Waals surface area contributed by atoms with Gasteiger partial charge < -0.3 is 20.4 Å². The smallest absolute Gasteiger partial charge is 0.124 e. The summed E-state index contributed by atoms with van der Waals surface area (Å²) >= 11 is 0. The summed E-state index contributed by atoms with van der Waals surface area (Å²) in [5.41, 5.74) is 4.95. The van der Waals surface area contributed by atoms with Crippen LogP contribution in [0.5, 0.6) is 11.5 Å². The third-order valence-corrected chi connectivity index (χ3v) is 3.39. The molecule has 0 aliphatic carbocycles. The van der Waals surface area contributed by atoms with Crippen molar-refractivity contribution in [2.45, 2.75) is 40.9 Å². The van der Waals surface area contributed by atoms with Crippen molar-refractivity contribution in [2.75, 3.05) is 0 Å². The molecule has 2 rings (SSSR count). The fraction of sp³-hybridized carbons (Fsp3) is 0.333. The number of hydrogen-bond acceptors (Lipinski definition) is 4. The molecule has 2 aromatic carbocycles. The van der Waals surface area contributed by atoms with E-state index in [1.54, 1.807) is 12.1 Å². The predicted molar refractivity (Wildman–Crippen MR) is 87.0 cm³/mol. The number of phenols is 2. The van der Waals surface area contributed by atoms with Crippen LogP contribution >= 0.6 is 0 Å². The summed E-state index contributed by atoms with van der Waals surface area (Å²) in [5, 5.41) is 36.3. The molecule has 0 aliphatic heterocycles. The number of aromatic hydroxyl groups is 2. The average molecular weight is 304 g/mol. The number of aliphatic hydroxyl groups is 2. The molecule has 0 heterocycles. The lowest BCUT2D eigenvalue weighted by atomic mass is 10.1. The second-order valence-electron chi connectivity index (χ2n) is 5.50. The summed E-state index contributed by atoms with van der Waals surface area (Å²) in [4.78, 5) is 0. The summed E-state index contributed by atoms with van der Waals surface area (Å²) in [6.45, 7) is 7.31. The zero-order chi connectivity index (χ0) is 16.9. The Morgan fingerprint density at radius 1 is 0.636 bits per heavy atom. The van der Waals surface area contributed by atoms with Gasteiger partial charge in [-0.25, -0.2) is 0 Å². The number of rotatable bonds is 2. The normalized spacial score (nSPS) is 10.1. The van der Waals surface area contributed by atoms with E-state index in [2.05, 4.69) is 0 Å². The van der Waals surface area contributed by atoms with Crippen molar-refractivity contribution in [3.8, 4) is 11.5 Å². The molecule has 4 heteroatoms. The Kier molecular flexibility index (Phi) is 6.40. The maximum absolute atomic E-state index is 9.36. The summed E-state index contributed by atoms with van der Waals surface area (Å²) in [7, 11) is 0. The lowest BCUT2D eigenvalue weighted by Crippen LogP contribution is -1.88. The van der Waals surface area contributed by atoms with Crippen molar-refractivity contribution in [1.82, 2.24) is 0 Å². The van der Waals surface area contributed by atoms with Gasteiger partial charge in [0.2, 0.25) is 0 Å². The van der Waals surface area contributed by atoms with Crippen molar-refractivity contribution in [3.05, 3.63) is 57.6 Å². The predicted octanol–water partition coefficient (Wildman–Crippen LogP) is 3.00. The van der Waals surface area contributed by atoms with Gasteiger partial charge in [0.15, 0.2) is 0 Å². The second-order valence-corrected chi connectivity index (χ2v) is 5.50. The van der Waals surface area contributed by atoms with Crippen LogP contribution in [0.4, 0.5) is 0 Å². The first-order valence-corrected chi connectivity index (χ1v) is 7.10. The zero-order valence-electron chi connectivity index (χ0n) is 13.5. The Balaban J connectivity index is 0.000000220. The molecular formula is C18H24O4. The minimum Gasteiger partial charge on any atom is -0.507 e. The molecule has 4 N–H and O–H groups in total. The van der Waals surface area contributed by atoms with Gasteiger partial charge in [-0.15, -0.1) is 0 Å². The monoisotopic (exact) mass is 304 g/mol. The van der Waals surface area contributed by atoms with Crippen molar-refractivity contribution < 1.29 is 20.4 Å². The van der Waals surface area contributed by atoms with E-state index in [1.807, 2.05) is 39.8 Å². The SMILES string of the molecule is Cc1cc(C)c(O)c(CO)c1.Cc1cc(C)c(O)c(CO)c1. The first-order chi connectivity index (χ1) is 10.3. The number of aryl methyl sites for hydroxylation is 4. The number of hydrogen-bond donors (Lipinski definition) is 4. The molecule has 4 nitrogen and oxygen atoms in total. The molecule has 120 valence electrons. The minimum atomic E-state index is -0.103. The van der Waals surface area contributed by atoms with Gasteiger partial charge in [0.25, 0.3) is 0 Å². The highest BCUT2D eigenvalue weighted by Crippen LogP contribution is 2.24. The highest BCUT2D eigenvalue weighted by Gasteiger charge is 2.03. The summed E-state index contributed by atoms with van der Waals surface area (Å²) < 4.78 is 0. The molecule has 0 amide bonds. The lowest BCUT2D eigenvalue weighted by molar-refractivity contribution is 0.275. The van der Waals surface area contributed by atoms with E-state index in [1.165, 1.54) is 0 Å². The largest absolute Gasteiger partial charge is 0.507 e. The van der Waals surface area contributed by atoms with Gasteiger partial charge in [0.05, 0.1) is 13.2 Å². The van der Waals surface area contributed by atoms with Crippen LogP contribution in [0.1, 0.15) is 33.4 Å². The Labute approximate surface area is 131 Å². The van der Waals surface area contributed by atoms with Crippen molar-refractivity contribution >= 4 is 0 Å². The van der Waals surface area contributed by atoms with E-state index in [-0.39, 0.29) is 24.7 Å². The van der Waals surface area contributed by atoms with E-state index >= 15 is 0 Å². The van der Waals surface area contributed by atoms with Crippen LogP contribution in [0.25, 0.3) is 0 Å². The molecule has 0 saturated carbocycles. The highest BCUT2D eigenvalue weighted by molar-refractivity contribution is 5.42. The Bertz CT molecular complexity index is 591. The van der Waals surface area contributed by atoms with Gasteiger partial charge in [0, 0.05) is 11.1 Å². The fourth-order valence-corrected chi connectivity index (χ4v) is 2.34. The summed E-state index contributed by atoms with van der Waals surface area (Å²) in [6.07, 6.45) is 0. The van der Waals surface area contributed by atoms with Gasteiger partial charge in [-0.1, -0.05) is 35.4 Å². The minimum absolute atomic E-state index is 0.103. The molecule has 0 spiro atoms. The third-order valence-electron chi connectivity index (χ3n) is 3.39. The first-order valence-electron chi connectivity index (χ1n) is 7.10. The molecule has 22 heavy (non-hydrogen) atoms. The van der Waals surface area contributed by atoms with Crippen molar-refractivity contribution in [1.29, 1.82) is 0 Å². The van der Waals surface area contributed by atoms with Crippen LogP contribution in [0, 0.1) is 27.7 Å². The van der Waals surface area contributed by atoms with E-state index in [9.17, 15) is 10.2 Å². The van der Waals surface area contributed by atoms with Crippen LogP contribution in [0.15, 0.2) is 24.3 Å². The Morgan fingerprint density at radius 2 is 0.955 bits per heavy atom. The van der Waals surface area contributed by atoms with E-state index in [0.717, 1.165) is 22.3 Å². The second kappa shape index (κ2) is 7.82. The molecular weight excluding hydrogens is 280 g/mol. The molecule has 0 atom stereocenters. The van der Waals surface area contributed by atoms with E-state index in [4.69, 9.17) is 10.2 Å². The molecule has 0 saturated heterocycles. The van der Waals surface area contributed by atoms with Gasteiger partial charge in [-0.05, 0) is 38.8 Å². The fourth-order valence-electron chi connectivity index (χ4n) is 2.34. The summed E-state index contributed by atoms with van der Waals surface area (Å²) in [6, 6.07) is 7.33. The third kappa shape index (κ3) is 4.48. The van der Waals surface area contributed by atoms with E-state index < -0.39 is 0 Å². The van der Waals surface area contributed by atoms with Crippen LogP contribution in [0.2, 0.25) is 0 Å². The van der Waals surface area contributed by atoms with Crippen LogP contribution in [-0.2, 0) is 13.2 Å². The van der Waals surface area contributed by atoms with Crippen LogP contribution in [-0.4, -0.2) is 20.4 Å². The molecule has 0 bridgehead atoms. The molecule has 2 aromatic rings. The van der Waals surface area contributed by atoms with Crippen LogP contribution in [0.3, 0.4) is 0 Å². The molecule has 0 aliphatic rings. The van der Waals surface area contributed by atoms with Gasteiger partial charge >= 0.3 is 0 Å². The summed E-state index contributed by atoms with van der Waals surface area (Å²) in [5.74, 6) is 0.413. The number of benzene rings is 2. The maximum atomic E-state index is 9.36. The van der Waals surface area contributed by atoms with Gasteiger partial charge in [0.1, 0.15) is 11.5 Å². The topological polar surface area (TPSA) is 80.9 Å². The zero-order valence-corrected chi connectivity index (χ0v) is 13.5. The number of aliphatic hydroxyl groups excluding tert-OH is 2. The first kappa shape index (κ1) is 18.0. The molecule has 0 radical (unpaired) electrons. The van der Waals surface area contributed by atoms with Crippen molar-refractivity contribution in [2.24, 2.45) is 0 Å². The molecule has 0 fully saturated rings. The standard InChI is InChI=1S/2C9H12O2/c2*1-6-3-7(2)9(11)8(4-6)5-10/h2*3-4,10-11H,5H2,1-2H3. The van der Waals surface area contributed by atoms with Crippen molar-refractivity contribution in [3.63, 3.8) is 0 Å². The molecule has 0 aromatic heterocycles. The Hall–Kier alpha value is -2.04. The van der Waals surface area contributed by atoms with E-state index in [0.29, 0.717) is 11.1 Å². The Morgan fingerprint density at radius 3 is 1.23 bits per heavy atom. The average Bonchev–Trinajstić information content (AvgIpc) is 2.47. The highest BCUT2D eigenvalue weighted by atomic mass is 16.3. The lowest BCUT2D eigenvalue weighted by Gasteiger charge is -2.05. The van der Waals surface area contributed by atoms with Crippen LogP contribution < -0.4 is 0 Å².